The molecule has 4 nitrogen and oxygen atoms in total. The smallest absolute Gasteiger partial charge is 0.127 e. The summed E-state index contributed by atoms with van der Waals surface area (Å²) in [5, 5.41) is 22.1. The molecule has 4 heteroatoms. The Kier molecular flexibility index (Phi) is 10.6. The fourth-order valence-corrected chi connectivity index (χ4v) is 5.32. The minimum atomic E-state index is 0.0682. The van der Waals surface area contributed by atoms with Crippen LogP contribution < -0.4 is 0 Å². The third-order valence-electron chi connectivity index (χ3n) is 8.49. The second-order valence-electron chi connectivity index (χ2n) is 12.0. The molecule has 2 aromatic carbocycles. The van der Waals surface area contributed by atoms with Gasteiger partial charge in [-0.15, -0.1) is 0 Å². The third-order valence-corrected chi connectivity index (χ3v) is 8.49. The number of rotatable bonds is 10. The Balaban J connectivity index is 1.92. The van der Waals surface area contributed by atoms with Crippen molar-refractivity contribution < 1.29 is 10.2 Å². The Morgan fingerprint density at radius 2 is 1.05 bits per heavy atom. The molecule has 1 saturated carbocycles. The molecular weight excluding hydrogens is 468 g/mol. The lowest BCUT2D eigenvalue weighted by molar-refractivity contribution is 0.390. The first-order valence-electron chi connectivity index (χ1n) is 14.9. The molecule has 0 aromatic heterocycles. The average Bonchev–Trinajstić information content (AvgIpc) is 2.91. The van der Waals surface area contributed by atoms with Crippen molar-refractivity contribution in [2.75, 3.05) is 0 Å². The van der Waals surface area contributed by atoms with Crippen LogP contribution in [0.5, 0.6) is 11.5 Å². The van der Waals surface area contributed by atoms with Gasteiger partial charge in [-0.2, -0.15) is 0 Å². The molecule has 4 unspecified atom stereocenters. The van der Waals surface area contributed by atoms with E-state index in [4.69, 9.17) is 9.98 Å². The summed E-state index contributed by atoms with van der Waals surface area (Å²) in [5.74, 6) is 2.05. The molecule has 0 bridgehead atoms. The molecule has 2 N–H and O–H groups in total. The van der Waals surface area contributed by atoms with E-state index in [1.165, 1.54) is 11.1 Å². The SMILES string of the molecule is CCC(C)c1cc(C=NC2CCCCC2N=Cc2cc(C(C)CC)cc(C(C)C)c2O)c(O)c(C(C)C)c1. The Hall–Kier alpha value is -2.62. The molecule has 0 heterocycles. The van der Waals surface area contributed by atoms with Gasteiger partial charge in [0.25, 0.3) is 0 Å². The molecule has 2 aromatic rings. The third kappa shape index (κ3) is 7.07. The highest BCUT2D eigenvalue weighted by Gasteiger charge is 2.24. The summed E-state index contributed by atoms with van der Waals surface area (Å²) in [6, 6.07) is 8.66. The topological polar surface area (TPSA) is 65.2 Å². The van der Waals surface area contributed by atoms with E-state index in [1.54, 1.807) is 0 Å². The number of hydrogen-bond donors (Lipinski definition) is 2. The van der Waals surface area contributed by atoms with Gasteiger partial charge < -0.3 is 10.2 Å². The van der Waals surface area contributed by atoms with Crippen LogP contribution in [0.25, 0.3) is 0 Å². The predicted octanol–water partition coefficient (Wildman–Crippen LogP) is 9.22. The number of aromatic hydroxyl groups is 2. The van der Waals surface area contributed by atoms with E-state index in [0.29, 0.717) is 23.3 Å². The highest BCUT2D eigenvalue weighted by atomic mass is 16.3. The number of phenolic OH excluding ortho intramolecular Hbond substituents is 2. The monoisotopic (exact) mass is 518 g/mol. The van der Waals surface area contributed by atoms with Crippen LogP contribution in [0.4, 0.5) is 0 Å². The second kappa shape index (κ2) is 13.4. The summed E-state index contributed by atoms with van der Waals surface area (Å²) in [4.78, 5) is 10.0. The van der Waals surface area contributed by atoms with Gasteiger partial charge >= 0.3 is 0 Å². The summed E-state index contributed by atoms with van der Waals surface area (Å²) in [6.07, 6.45) is 10.1. The minimum Gasteiger partial charge on any atom is -0.507 e. The highest BCUT2D eigenvalue weighted by Crippen LogP contribution is 2.35. The summed E-state index contributed by atoms with van der Waals surface area (Å²) in [6.45, 7) is 17.4. The number of phenols is 2. The zero-order chi connectivity index (χ0) is 28.0. The van der Waals surface area contributed by atoms with Crippen LogP contribution in [0.3, 0.4) is 0 Å². The normalized spacial score (nSPS) is 20.2. The van der Waals surface area contributed by atoms with Gasteiger partial charge in [-0.25, -0.2) is 0 Å². The average molecular weight is 519 g/mol. The maximum absolute atomic E-state index is 11.0. The van der Waals surface area contributed by atoms with E-state index in [2.05, 4.69) is 79.7 Å². The molecule has 4 atom stereocenters. The van der Waals surface area contributed by atoms with Gasteiger partial charge in [0.1, 0.15) is 11.5 Å². The van der Waals surface area contributed by atoms with E-state index in [0.717, 1.165) is 60.8 Å². The van der Waals surface area contributed by atoms with Crippen LogP contribution in [0.15, 0.2) is 34.3 Å². The van der Waals surface area contributed by atoms with Crippen molar-refractivity contribution in [3.63, 3.8) is 0 Å². The molecule has 0 spiro atoms. The van der Waals surface area contributed by atoms with Crippen molar-refractivity contribution >= 4 is 12.4 Å². The Morgan fingerprint density at radius 1 is 0.684 bits per heavy atom. The molecule has 1 aliphatic rings. The summed E-state index contributed by atoms with van der Waals surface area (Å²) in [5.41, 5.74) is 6.10. The molecule has 0 aliphatic heterocycles. The quantitative estimate of drug-likeness (QED) is 0.308. The maximum atomic E-state index is 11.0. The van der Waals surface area contributed by atoms with Crippen molar-refractivity contribution in [1.82, 2.24) is 0 Å². The molecule has 0 saturated heterocycles. The van der Waals surface area contributed by atoms with Gasteiger partial charge in [0, 0.05) is 23.6 Å². The highest BCUT2D eigenvalue weighted by molar-refractivity contribution is 5.86. The van der Waals surface area contributed by atoms with Crippen molar-refractivity contribution in [2.24, 2.45) is 9.98 Å². The van der Waals surface area contributed by atoms with Gasteiger partial charge in [0.05, 0.1) is 12.1 Å². The van der Waals surface area contributed by atoms with E-state index in [1.807, 2.05) is 12.4 Å². The Labute approximate surface area is 231 Å². The van der Waals surface area contributed by atoms with Crippen LogP contribution in [-0.2, 0) is 0 Å². The first kappa shape index (κ1) is 29.9. The molecule has 208 valence electrons. The van der Waals surface area contributed by atoms with Gasteiger partial charge in [-0.1, -0.05) is 80.4 Å². The van der Waals surface area contributed by atoms with Crippen LogP contribution in [0.1, 0.15) is 151 Å². The molecule has 3 rings (SSSR count). The molecule has 0 radical (unpaired) electrons. The number of benzene rings is 2. The van der Waals surface area contributed by atoms with Crippen LogP contribution in [0.2, 0.25) is 0 Å². The van der Waals surface area contributed by atoms with Crippen LogP contribution in [-0.4, -0.2) is 34.7 Å². The minimum absolute atomic E-state index is 0.0682. The predicted molar refractivity (Wildman–Crippen MR) is 163 cm³/mol. The lowest BCUT2D eigenvalue weighted by Gasteiger charge is -2.26. The van der Waals surface area contributed by atoms with Gasteiger partial charge in [-0.3, -0.25) is 9.98 Å². The molecular formula is C34H50N2O2. The van der Waals surface area contributed by atoms with Gasteiger partial charge in [0.2, 0.25) is 0 Å². The number of aliphatic imine (C=N–C) groups is 2. The number of nitrogens with zero attached hydrogens (tertiary/aromatic N) is 2. The standard InChI is InChI=1S/C34H50N2O2/c1-9-23(7)25-15-27(33(37)29(17-25)21(3)4)19-35-31-13-11-12-14-32(31)36-20-28-16-26(24(8)10-2)18-30(22(5)6)34(28)38/h15-24,31-32,37-38H,9-14H2,1-8H3. The van der Waals surface area contributed by atoms with E-state index in [9.17, 15) is 10.2 Å². The molecule has 38 heavy (non-hydrogen) atoms. The van der Waals surface area contributed by atoms with Crippen LogP contribution >= 0.6 is 0 Å². The zero-order valence-corrected chi connectivity index (χ0v) is 25.0. The summed E-state index contributed by atoms with van der Waals surface area (Å²) >= 11 is 0. The second-order valence-corrected chi connectivity index (χ2v) is 12.0. The van der Waals surface area contributed by atoms with E-state index < -0.39 is 0 Å². The maximum Gasteiger partial charge on any atom is 0.127 e. The molecule has 1 fully saturated rings. The fraction of sp³-hybridized carbons (Fsp3) is 0.588. The van der Waals surface area contributed by atoms with Crippen molar-refractivity contribution in [3.05, 3.63) is 57.6 Å². The first-order chi connectivity index (χ1) is 18.1. The zero-order valence-electron chi connectivity index (χ0n) is 25.0. The summed E-state index contributed by atoms with van der Waals surface area (Å²) < 4.78 is 0. The van der Waals surface area contributed by atoms with Crippen molar-refractivity contribution in [2.45, 2.75) is 130 Å². The van der Waals surface area contributed by atoms with E-state index in [-0.39, 0.29) is 23.9 Å². The largest absolute Gasteiger partial charge is 0.507 e. The van der Waals surface area contributed by atoms with E-state index >= 15 is 0 Å². The molecule has 1 aliphatic carbocycles. The Bertz CT molecular complexity index is 1040. The lowest BCUT2D eigenvalue weighted by atomic mass is 9.89. The Morgan fingerprint density at radius 3 is 1.37 bits per heavy atom. The van der Waals surface area contributed by atoms with Crippen LogP contribution in [0, 0.1) is 0 Å². The van der Waals surface area contributed by atoms with Crippen molar-refractivity contribution in [3.8, 4) is 11.5 Å². The fourth-order valence-electron chi connectivity index (χ4n) is 5.32. The van der Waals surface area contributed by atoms with Gasteiger partial charge in [0.15, 0.2) is 0 Å². The molecule has 0 amide bonds. The summed E-state index contributed by atoms with van der Waals surface area (Å²) in [7, 11) is 0. The number of hydrogen-bond acceptors (Lipinski definition) is 4. The first-order valence-corrected chi connectivity index (χ1v) is 14.9. The lowest BCUT2D eigenvalue weighted by Crippen LogP contribution is -2.27. The van der Waals surface area contributed by atoms with Gasteiger partial charge in [-0.05, 0) is 83.7 Å². The van der Waals surface area contributed by atoms with Crippen molar-refractivity contribution in [1.29, 1.82) is 0 Å².